The lowest BCUT2D eigenvalue weighted by Crippen LogP contribution is -2.24. The Labute approximate surface area is 91.7 Å². The van der Waals surface area contributed by atoms with E-state index in [2.05, 4.69) is 43.0 Å². The summed E-state index contributed by atoms with van der Waals surface area (Å²) in [5, 5.41) is 0. The van der Waals surface area contributed by atoms with E-state index in [9.17, 15) is 0 Å². The molecule has 1 rings (SSSR count). The normalized spacial score (nSPS) is 10.2. The fraction of sp³-hybridized carbons (Fsp3) is 0.500. The number of aryl methyl sites for hydroxylation is 1. The van der Waals surface area contributed by atoms with Crippen molar-refractivity contribution in [3.63, 3.8) is 0 Å². The van der Waals surface area contributed by atoms with Crippen LogP contribution in [0.15, 0.2) is 24.3 Å². The molecule has 0 N–H and O–H groups in total. The SMILES string of the molecule is CCN(CCCCl)c1ccc(C)cc1. The van der Waals surface area contributed by atoms with Crippen LogP contribution in [-0.2, 0) is 0 Å². The van der Waals surface area contributed by atoms with Crippen molar-refractivity contribution in [2.75, 3.05) is 23.9 Å². The zero-order valence-electron chi connectivity index (χ0n) is 8.96. The van der Waals surface area contributed by atoms with Crippen LogP contribution in [0.25, 0.3) is 0 Å². The van der Waals surface area contributed by atoms with Gasteiger partial charge in [0.15, 0.2) is 0 Å². The Morgan fingerprint density at radius 2 is 1.86 bits per heavy atom. The molecule has 0 fully saturated rings. The Bertz CT molecular complexity index is 256. The van der Waals surface area contributed by atoms with Crippen molar-refractivity contribution in [2.45, 2.75) is 20.3 Å². The molecular weight excluding hydrogens is 194 g/mol. The zero-order valence-corrected chi connectivity index (χ0v) is 9.72. The Balaban J connectivity index is 2.64. The van der Waals surface area contributed by atoms with E-state index in [-0.39, 0.29) is 0 Å². The van der Waals surface area contributed by atoms with Crippen LogP contribution in [0.4, 0.5) is 5.69 Å². The van der Waals surface area contributed by atoms with Gasteiger partial charge in [0.2, 0.25) is 0 Å². The minimum atomic E-state index is 0.738. The second kappa shape index (κ2) is 5.92. The lowest BCUT2D eigenvalue weighted by molar-refractivity contribution is 0.795. The third kappa shape index (κ3) is 3.22. The number of nitrogens with zero attached hydrogens (tertiary/aromatic N) is 1. The van der Waals surface area contributed by atoms with E-state index >= 15 is 0 Å². The summed E-state index contributed by atoms with van der Waals surface area (Å²) in [7, 11) is 0. The summed E-state index contributed by atoms with van der Waals surface area (Å²) >= 11 is 5.69. The summed E-state index contributed by atoms with van der Waals surface area (Å²) in [5.41, 5.74) is 2.60. The molecule has 1 nitrogen and oxygen atoms in total. The summed E-state index contributed by atoms with van der Waals surface area (Å²) in [5.74, 6) is 0.738. The van der Waals surface area contributed by atoms with E-state index in [0.29, 0.717) is 0 Å². The van der Waals surface area contributed by atoms with Crippen molar-refractivity contribution >= 4 is 17.3 Å². The molecule has 0 spiro atoms. The first-order valence-corrected chi connectivity index (χ1v) is 5.69. The molecule has 0 heterocycles. The molecule has 0 bridgehead atoms. The number of halogens is 1. The molecule has 1 aromatic rings. The molecule has 0 saturated heterocycles. The Kier molecular flexibility index (Phi) is 4.81. The highest BCUT2D eigenvalue weighted by Gasteiger charge is 2.02. The molecular formula is C12H18ClN. The molecule has 0 radical (unpaired) electrons. The molecule has 0 atom stereocenters. The fourth-order valence-corrected chi connectivity index (χ4v) is 1.60. The molecule has 2 heteroatoms. The van der Waals surface area contributed by atoms with E-state index in [4.69, 9.17) is 11.6 Å². The third-order valence-electron chi connectivity index (χ3n) is 2.34. The number of hydrogen-bond acceptors (Lipinski definition) is 1. The van der Waals surface area contributed by atoms with Crippen LogP contribution < -0.4 is 4.90 Å². The highest BCUT2D eigenvalue weighted by atomic mass is 35.5. The van der Waals surface area contributed by atoms with E-state index in [0.717, 1.165) is 25.4 Å². The van der Waals surface area contributed by atoms with Crippen LogP contribution in [0.5, 0.6) is 0 Å². The van der Waals surface area contributed by atoms with Crippen LogP contribution in [0.3, 0.4) is 0 Å². The van der Waals surface area contributed by atoms with E-state index < -0.39 is 0 Å². The van der Waals surface area contributed by atoms with Crippen molar-refractivity contribution in [3.8, 4) is 0 Å². The van der Waals surface area contributed by atoms with Gasteiger partial charge in [-0.3, -0.25) is 0 Å². The van der Waals surface area contributed by atoms with Gasteiger partial charge in [-0.25, -0.2) is 0 Å². The average Bonchev–Trinajstić information content (AvgIpc) is 2.21. The van der Waals surface area contributed by atoms with Crippen molar-refractivity contribution in [1.29, 1.82) is 0 Å². The molecule has 0 aliphatic heterocycles. The van der Waals surface area contributed by atoms with Gasteiger partial charge in [0.25, 0.3) is 0 Å². The number of anilines is 1. The second-order valence-electron chi connectivity index (χ2n) is 3.46. The largest absolute Gasteiger partial charge is 0.372 e. The van der Waals surface area contributed by atoms with Gasteiger partial charge in [0, 0.05) is 24.7 Å². The Morgan fingerprint density at radius 1 is 1.21 bits per heavy atom. The summed E-state index contributed by atoms with van der Waals surface area (Å²) in [6.45, 7) is 6.37. The van der Waals surface area contributed by atoms with Gasteiger partial charge < -0.3 is 4.90 Å². The summed E-state index contributed by atoms with van der Waals surface area (Å²) < 4.78 is 0. The first kappa shape index (κ1) is 11.4. The van der Waals surface area contributed by atoms with E-state index in [1.54, 1.807) is 0 Å². The second-order valence-corrected chi connectivity index (χ2v) is 3.84. The molecule has 1 aromatic carbocycles. The van der Waals surface area contributed by atoms with Crippen LogP contribution >= 0.6 is 11.6 Å². The molecule has 0 unspecified atom stereocenters. The topological polar surface area (TPSA) is 3.24 Å². The van der Waals surface area contributed by atoms with Gasteiger partial charge in [0.1, 0.15) is 0 Å². The number of rotatable bonds is 5. The van der Waals surface area contributed by atoms with Gasteiger partial charge in [0.05, 0.1) is 0 Å². The predicted molar refractivity (Wildman–Crippen MR) is 64.4 cm³/mol. The van der Waals surface area contributed by atoms with E-state index in [1.165, 1.54) is 11.3 Å². The summed E-state index contributed by atoms with van der Waals surface area (Å²) in [6, 6.07) is 8.65. The van der Waals surface area contributed by atoms with Crippen LogP contribution in [0.1, 0.15) is 18.9 Å². The van der Waals surface area contributed by atoms with Gasteiger partial charge >= 0.3 is 0 Å². The number of alkyl halides is 1. The maximum atomic E-state index is 5.69. The number of hydrogen-bond donors (Lipinski definition) is 0. The van der Waals surface area contributed by atoms with Gasteiger partial charge in [-0.15, -0.1) is 11.6 Å². The van der Waals surface area contributed by atoms with E-state index in [1.807, 2.05) is 0 Å². The van der Waals surface area contributed by atoms with Gasteiger partial charge in [-0.2, -0.15) is 0 Å². The summed E-state index contributed by atoms with van der Waals surface area (Å²) in [6.07, 6.45) is 1.04. The van der Waals surface area contributed by atoms with Gasteiger partial charge in [-0.1, -0.05) is 17.7 Å². The van der Waals surface area contributed by atoms with Crippen molar-refractivity contribution in [3.05, 3.63) is 29.8 Å². The lowest BCUT2D eigenvalue weighted by atomic mass is 10.2. The van der Waals surface area contributed by atoms with Crippen molar-refractivity contribution in [2.24, 2.45) is 0 Å². The molecule has 78 valence electrons. The maximum absolute atomic E-state index is 5.69. The summed E-state index contributed by atoms with van der Waals surface area (Å²) in [4.78, 5) is 2.35. The first-order valence-electron chi connectivity index (χ1n) is 5.15. The molecule has 0 aromatic heterocycles. The van der Waals surface area contributed by atoms with Crippen LogP contribution in [0, 0.1) is 6.92 Å². The third-order valence-corrected chi connectivity index (χ3v) is 2.61. The van der Waals surface area contributed by atoms with Crippen LogP contribution in [-0.4, -0.2) is 19.0 Å². The van der Waals surface area contributed by atoms with Crippen LogP contribution in [0.2, 0.25) is 0 Å². The Morgan fingerprint density at radius 3 is 2.36 bits per heavy atom. The minimum absolute atomic E-state index is 0.738. The first-order chi connectivity index (χ1) is 6.77. The fourth-order valence-electron chi connectivity index (χ4n) is 1.48. The minimum Gasteiger partial charge on any atom is -0.372 e. The standard InChI is InChI=1S/C12H18ClN/c1-3-14(10-4-9-13)12-7-5-11(2)6-8-12/h5-8H,3-4,9-10H2,1-2H3. The molecule has 0 amide bonds. The average molecular weight is 212 g/mol. The van der Waals surface area contributed by atoms with Gasteiger partial charge in [-0.05, 0) is 32.4 Å². The Hall–Kier alpha value is -0.690. The smallest absolute Gasteiger partial charge is 0.0366 e. The molecule has 0 saturated carbocycles. The highest BCUT2D eigenvalue weighted by molar-refractivity contribution is 6.17. The van der Waals surface area contributed by atoms with Crippen molar-refractivity contribution in [1.82, 2.24) is 0 Å². The molecule has 14 heavy (non-hydrogen) atoms. The molecule has 0 aliphatic rings. The maximum Gasteiger partial charge on any atom is 0.0366 e. The highest BCUT2D eigenvalue weighted by Crippen LogP contribution is 2.14. The zero-order chi connectivity index (χ0) is 10.4. The quantitative estimate of drug-likeness (QED) is 0.675. The molecule has 0 aliphatic carbocycles. The lowest BCUT2D eigenvalue weighted by Gasteiger charge is -2.22. The van der Waals surface area contributed by atoms with Crippen molar-refractivity contribution < 1.29 is 0 Å². The predicted octanol–water partition coefficient (Wildman–Crippen LogP) is 3.45. The monoisotopic (exact) mass is 211 g/mol. The number of benzene rings is 1.